The van der Waals surface area contributed by atoms with E-state index in [-0.39, 0.29) is 25.7 Å². The van der Waals surface area contributed by atoms with E-state index in [4.69, 9.17) is 37.0 Å². The summed E-state index contributed by atoms with van der Waals surface area (Å²) in [6.07, 6.45) is 52.1. The van der Waals surface area contributed by atoms with Crippen molar-refractivity contribution in [2.24, 2.45) is 5.92 Å². The quantitative estimate of drug-likeness (QED) is 0.0169. The number of carbonyl (C=O) groups excluding carboxylic acids is 4. The molecule has 0 aromatic rings. The van der Waals surface area contributed by atoms with Crippen LogP contribution in [-0.4, -0.2) is 96.7 Å². The lowest BCUT2D eigenvalue weighted by atomic mass is 10.0. The molecule has 5 atom stereocenters. The van der Waals surface area contributed by atoms with Crippen LogP contribution in [0.15, 0.2) is 24.3 Å². The fourth-order valence-corrected chi connectivity index (χ4v) is 11.7. The van der Waals surface area contributed by atoms with Gasteiger partial charge >= 0.3 is 39.5 Å². The Hall–Kier alpha value is -2.46. The average Bonchev–Trinajstić information content (AvgIpc) is 3.71. The monoisotopic (exact) mass is 1310 g/mol. The van der Waals surface area contributed by atoms with E-state index in [2.05, 4.69) is 58.9 Å². The van der Waals surface area contributed by atoms with Crippen LogP contribution in [0.2, 0.25) is 0 Å². The number of phosphoric ester groups is 2. The standard InChI is InChI=1S/C70H132O17P2/c1-6-9-12-15-18-21-24-27-28-29-32-35-40-46-51-56-70(75)86-65(59-80-67(72)53-48-43-38-33-30-25-22-19-16-13-10-7-2)61-84-88(76,77)82-57-64(71)58-83-89(78,79)85-62-66(60-81-68(73)54-49-44-41-36-37-42-47-52-63(4)5)87-69(74)55-50-45-39-34-31-26-23-20-17-14-11-8-3/h21,24,27-28,63-66,71H,6-20,22-23,25-26,29-62H2,1-5H3,(H,76,77)(H,78,79)/b24-21-,28-27-/t64-,65-,66-/m1/s1. The Morgan fingerprint density at radius 1 is 0.348 bits per heavy atom. The highest BCUT2D eigenvalue weighted by Gasteiger charge is 2.30. The number of unbranched alkanes of at least 4 members (excludes halogenated alkanes) is 37. The zero-order valence-corrected chi connectivity index (χ0v) is 58.8. The molecule has 0 heterocycles. The van der Waals surface area contributed by atoms with Crippen LogP contribution in [0.3, 0.4) is 0 Å². The Bertz CT molecular complexity index is 1810. The van der Waals surface area contributed by atoms with Gasteiger partial charge < -0.3 is 33.8 Å². The van der Waals surface area contributed by atoms with Crippen molar-refractivity contribution in [3.63, 3.8) is 0 Å². The summed E-state index contributed by atoms with van der Waals surface area (Å²) in [7, 11) is -9.91. The number of ether oxygens (including phenoxy) is 4. The molecule has 0 bridgehead atoms. The van der Waals surface area contributed by atoms with Gasteiger partial charge in [-0.25, -0.2) is 9.13 Å². The zero-order valence-electron chi connectivity index (χ0n) is 57.0. The summed E-state index contributed by atoms with van der Waals surface area (Å²) in [5, 5.41) is 10.6. The molecule has 0 aliphatic heterocycles. The summed E-state index contributed by atoms with van der Waals surface area (Å²) in [6.45, 7) is 7.12. The van der Waals surface area contributed by atoms with Gasteiger partial charge in [0.25, 0.3) is 0 Å². The molecule has 0 amide bonds. The molecule has 2 unspecified atom stereocenters. The average molecular weight is 1310 g/mol. The van der Waals surface area contributed by atoms with E-state index in [0.717, 1.165) is 109 Å². The summed E-state index contributed by atoms with van der Waals surface area (Å²) < 4.78 is 68.2. The maximum absolute atomic E-state index is 13.0. The normalized spacial score (nSPS) is 14.3. The summed E-state index contributed by atoms with van der Waals surface area (Å²) in [5.41, 5.74) is 0. The number of phosphoric acid groups is 2. The van der Waals surface area contributed by atoms with E-state index < -0.39 is 97.5 Å². The molecule has 0 spiro atoms. The molecular formula is C70H132O17P2. The second kappa shape index (κ2) is 63.0. The second-order valence-electron chi connectivity index (χ2n) is 25.1. The van der Waals surface area contributed by atoms with Crippen molar-refractivity contribution in [1.82, 2.24) is 0 Å². The van der Waals surface area contributed by atoms with Gasteiger partial charge in [0.2, 0.25) is 0 Å². The van der Waals surface area contributed by atoms with Crippen LogP contribution in [0.5, 0.6) is 0 Å². The number of aliphatic hydroxyl groups excluding tert-OH is 1. The van der Waals surface area contributed by atoms with Gasteiger partial charge in [0.15, 0.2) is 12.2 Å². The molecule has 3 N–H and O–H groups in total. The molecule has 0 saturated carbocycles. The summed E-state index contributed by atoms with van der Waals surface area (Å²) >= 11 is 0. The van der Waals surface area contributed by atoms with Gasteiger partial charge in [-0.3, -0.25) is 37.3 Å². The summed E-state index contributed by atoms with van der Waals surface area (Å²) in [6, 6.07) is 0. The predicted molar refractivity (Wildman–Crippen MR) is 358 cm³/mol. The minimum absolute atomic E-state index is 0.0853. The Morgan fingerprint density at radius 2 is 0.607 bits per heavy atom. The fourth-order valence-electron chi connectivity index (χ4n) is 10.1. The first-order valence-electron chi connectivity index (χ1n) is 36.0. The van der Waals surface area contributed by atoms with Crippen LogP contribution < -0.4 is 0 Å². The van der Waals surface area contributed by atoms with Crippen molar-refractivity contribution in [2.75, 3.05) is 39.6 Å². The van der Waals surface area contributed by atoms with E-state index in [1.54, 1.807) is 0 Å². The molecule has 0 aliphatic rings. The van der Waals surface area contributed by atoms with Crippen LogP contribution in [-0.2, 0) is 65.4 Å². The topological polar surface area (TPSA) is 237 Å². The smallest absolute Gasteiger partial charge is 0.462 e. The number of hydrogen-bond donors (Lipinski definition) is 3. The number of rotatable bonds is 68. The molecule has 0 aliphatic carbocycles. The number of hydrogen-bond acceptors (Lipinski definition) is 15. The van der Waals surface area contributed by atoms with E-state index in [9.17, 15) is 43.2 Å². The van der Waals surface area contributed by atoms with Crippen LogP contribution in [0.25, 0.3) is 0 Å². The molecule has 0 aromatic heterocycles. The number of allylic oxidation sites excluding steroid dienone is 4. The van der Waals surface area contributed by atoms with Gasteiger partial charge in [-0.05, 0) is 57.3 Å². The highest BCUT2D eigenvalue weighted by atomic mass is 31.2. The number of esters is 4. The first-order valence-corrected chi connectivity index (χ1v) is 38.9. The van der Waals surface area contributed by atoms with Crippen molar-refractivity contribution in [1.29, 1.82) is 0 Å². The molecule has 0 radical (unpaired) electrons. The molecule has 0 saturated heterocycles. The molecule has 0 aromatic carbocycles. The van der Waals surface area contributed by atoms with Crippen molar-refractivity contribution in [3.8, 4) is 0 Å². The van der Waals surface area contributed by atoms with Gasteiger partial charge in [-0.1, -0.05) is 284 Å². The molecular weight excluding hydrogens is 1170 g/mol. The van der Waals surface area contributed by atoms with Crippen molar-refractivity contribution in [3.05, 3.63) is 24.3 Å². The Morgan fingerprint density at radius 3 is 0.921 bits per heavy atom. The van der Waals surface area contributed by atoms with Crippen molar-refractivity contribution < 1.29 is 80.2 Å². The van der Waals surface area contributed by atoms with Gasteiger partial charge in [0, 0.05) is 25.7 Å². The fraction of sp³-hybridized carbons (Fsp3) is 0.886. The van der Waals surface area contributed by atoms with Gasteiger partial charge in [-0.15, -0.1) is 0 Å². The largest absolute Gasteiger partial charge is 0.472 e. The minimum Gasteiger partial charge on any atom is -0.462 e. The Balaban J connectivity index is 5.29. The summed E-state index contributed by atoms with van der Waals surface area (Å²) in [5.74, 6) is -1.45. The highest BCUT2D eigenvalue weighted by Crippen LogP contribution is 2.45. The molecule has 17 nitrogen and oxygen atoms in total. The lowest BCUT2D eigenvalue weighted by Crippen LogP contribution is -2.30. The number of aliphatic hydroxyl groups is 1. The molecule has 89 heavy (non-hydrogen) atoms. The maximum Gasteiger partial charge on any atom is 0.472 e. The van der Waals surface area contributed by atoms with Gasteiger partial charge in [0.05, 0.1) is 26.4 Å². The summed E-state index contributed by atoms with van der Waals surface area (Å²) in [4.78, 5) is 72.5. The van der Waals surface area contributed by atoms with Crippen LogP contribution in [0.4, 0.5) is 0 Å². The lowest BCUT2D eigenvalue weighted by Gasteiger charge is -2.21. The predicted octanol–water partition coefficient (Wildman–Crippen LogP) is 19.7. The van der Waals surface area contributed by atoms with E-state index in [0.29, 0.717) is 31.6 Å². The van der Waals surface area contributed by atoms with Crippen LogP contribution in [0, 0.1) is 5.92 Å². The minimum atomic E-state index is -4.96. The van der Waals surface area contributed by atoms with E-state index >= 15 is 0 Å². The molecule has 0 rings (SSSR count). The maximum atomic E-state index is 13.0. The van der Waals surface area contributed by atoms with Crippen molar-refractivity contribution in [2.45, 2.75) is 355 Å². The zero-order chi connectivity index (χ0) is 65.6. The highest BCUT2D eigenvalue weighted by molar-refractivity contribution is 7.47. The van der Waals surface area contributed by atoms with E-state index in [1.807, 2.05) is 0 Å². The molecule has 19 heteroatoms. The van der Waals surface area contributed by atoms with Gasteiger partial charge in [0.1, 0.15) is 19.3 Å². The first-order chi connectivity index (χ1) is 43.0. The van der Waals surface area contributed by atoms with Gasteiger partial charge in [-0.2, -0.15) is 0 Å². The SMILES string of the molecule is CCCCCC/C=C\C=C/CCCCCCCC(=O)O[C@H](COC(=O)CCCCCCCCCCCCCC)COP(=O)(O)OC[C@@H](O)COP(=O)(O)OC[C@@H](COC(=O)CCCCCCCCCC(C)C)OC(=O)CCCCCCCCCCCCCC. The first kappa shape index (κ1) is 86.5. The number of carbonyl (C=O) groups is 4. The van der Waals surface area contributed by atoms with Crippen molar-refractivity contribution >= 4 is 39.5 Å². The Labute approximate surface area is 542 Å². The van der Waals surface area contributed by atoms with Crippen LogP contribution in [0.1, 0.15) is 336 Å². The lowest BCUT2D eigenvalue weighted by molar-refractivity contribution is -0.161. The third-order valence-electron chi connectivity index (χ3n) is 15.7. The third-order valence-corrected chi connectivity index (χ3v) is 17.6. The molecule has 0 fully saturated rings. The van der Waals surface area contributed by atoms with E-state index in [1.165, 1.54) is 141 Å². The second-order valence-corrected chi connectivity index (χ2v) is 28.0. The molecule has 524 valence electrons. The third kappa shape index (κ3) is 64.1. The Kier molecular flexibility index (Phi) is 61.2. The van der Waals surface area contributed by atoms with Crippen LogP contribution >= 0.6 is 15.6 Å².